The maximum atomic E-state index is 10.4. The molecule has 0 N–H and O–H groups in total. The molecule has 1 aliphatic rings. The summed E-state index contributed by atoms with van der Waals surface area (Å²) >= 11 is 0.461. The van der Waals surface area contributed by atoms with Gasteiger partial charge in [0, 0.05) is 11.5 Å². The lowest BCUT2D eigenvalue weighted by Gasteiger charge is -2.10. The topological polar surface area (TPSA) is 40.9 Å². The minimum absolute atomic E-state index is 0.0208. The Labute approximate surface area is 68.9 Å². The van der Waals surface area contributed by atoms with Gasteiger partial charge >= 0.3 is 0 Å². The first-order valence-corrected chi connectivity index (χ1v) is 3.98. The Hall–Kier alpha value is -1.14. The van der Waals surface area contributed by atoms with Crippen molar-refractivity contribution in [2.75, 3.05) is 0 Å². The van der Waals surface area contributed by atoms with Crippen molar-refractivity contribution in [3.05, 3.63) is 23.8 Å². The maximum Gasteiger partial charge on any atom is 0.0953 e. The van der Waals surface area contributed by atoms with Gasteiger partial charge in [0.1, 0.15) is 0 Å². The summed E-state index contributed by atoms with van der Waals surface area (Å²) in [6, 6.07) is 2.05. The molecular weight excluding hydrogens is 158 g/mol. The zero-order chi connectivity index (χ0) is 8.27. The minimum atomic E-state index is -0.0208. The molecule has 11 heavy (non-hydrogen) atoms. The highest BCUT2D eigenvalue weighted by atomic mass is 32.1. The van der Waals surface area contributed by atoms with Crippen LogP contribution < -0.4 is 0 Å². The highest BCUT2D eigenvalue weighted by Gasteiger charge is 2.14. The molecule has 0 spiro atoms. The monoisotopic (exact) mass is 165 g/mol. The Morgan fingerprint density at radius 3 is 3.00 bits per heavy atom. The molecule has 56 valence electrons. The number of hydrogen-bond donors (Lipinski definition) is 0. The number of nitrogens with zero attached hydrogens (tertiary/aromatic N) is 1. The second kappa shape index (κ2) is 3.31. The Kier molecular flexibility index (Phi) is 2.40. The second-order valence-electron chi connectivity index (χ2n) is 2.30. The Morgan fingerprint density at radius 1 is 1.73 bits per heavy atom. The van der Waals surface area contributed by atoms with Crippen LogP contribution in [-0.2, 0) is 11.3 Å². The van der Waals surface area contributed by atoms with Crippen molar-refractivity contribution < 1.29 is 4.21 Å². The predicted octanol–water partition coefficient (Wildman–Crippen LogP) is 1.03. The standard InChI is InChI=1S/C8H7NOS/c1-6-7(5-9)3-2-4-8(6)11-10/h2-4,6H,1H3. The van der Waals surface area contributed by atoms with E-state index in [0.717, 1.165) is 0 Å². The van der Waals surface area contributed by atoms with Crippen LogP contribution in [-0.4, -0.2) is 9.07 Å². The molecule has 1 aliphatic carbocycles. The van der Waals surface area contributed by atoms with E-state index in [2.05, 4.69) is 6.07 Å². The second-order valence-corrected chi connectivity index (χ2v) is 2.94. The molecule has 0 saturated heterocycles. The molecule has 1 rings (SSSR count). The summed E-state index contributed by atoms with van der Waals surface area (Å²) < 4.78 is 10.4. The average molecular weight is 165 g/mol. The molecule has 0 radical (unpaired) electrons. The molecule has 0 amide bonds. The summed E-state index contributed by atoms with van der Waals surface area (Å²) in [6.07, 6.45) is 5.23. The van der Waals surface area contributed by atoms with E-state index in [0.29, 0.717) is 21.7 Å². The van der Waals surface area contributed by atoms with Gasteiger partial charge in [-0.1, -0.05) is 13.0 Å². The highest BCUT2D eigenvalue weighted by molar-refractivity contribution is 7.67. The highest BCUT2D eigenvalue weighted by Crippen LogP contribution is 2.15. The fraction of sp³-hybridized carbons (Fsp3) is 0.250. The average Bonchev–Trinajstić information content (AvgIpc) is 2.05. The number of hydrogen-bond acceptors (Lipinski definition) is 2. The molecule has 2 nitrogen and oxygen atoms in total. The van der Waals surface area contributed by atoms with E-state index in [9.17, 15) is 4.21 Å². The summed E-state index contributed by atoms with van der Waals surface area (Å²) in [4.78, 5) is 0.712. The quantitative estimate of drug-likeness (QED) is 0.503. The first-order valence-electron chi connectivity index (χ1n) is 3.24. The van der Waals surface area contributed by atoms with Crippen molar-refractivity contribution in [3.8, 4) is 6.07 Å². The molecule has 0 saturated carbocycles. The fourth-order valence-electron chi connectivity index (χ4n) is 0.923. The van der Waals surface area contributed by atoms with Crippen LogP contribution in [0.2, 0.25) is 0 Å². The molecule has 0 aliphatic heterocycles. The smallest absolute Gasteiger partial charge is 0.0953 e. The summed E-state index contributed by atoms with van der Waals surface area (Å²) in [5.74, 6) is -0.0208. The molecule has 0 aromatic heterocycles. The largest absolute Gasteiger partial charge is 0.212 e. The lowest BCUT2D eigenvalue weighted by atomic mass is 9.94. The predicted molar refractivity (Wildman–Crippen MR) is 45.1 cm³/mol. The third-order valence-electron chi connectivity index (χ3n) is 1.65. The number of nitriles is 1. The van der Waals surface area contributed by atoms with Crippen LogP contribution in [0.1, 0.15) is 6.92 Å². The normalized spacial score (nSPS) is 22.4. The lowest BCUT2D eigenvalue weighted by Crippen LogP contribution is -2.12. The van der Waals surface area contributed by atoms with E-state index >= 15 is 0 Å². The molecule has 0 aromatic carbocycles. The van der Waals surface area contributed by atoms with E-state index in [-0.39, 0.29) is 5.92 Å². The summed E-state index contributed by atoms with van der Waals surface area (Å²) in [7, 11) is 0. The van der Waals surface area contributed by atoms with E-state index in [4.69, 9.17) is 5.26 Å². The fourth-order valence-corrected chi connectivity index (χ4v) is 1.33. The van der Waals surface area contributed by atoms with Crippen LogP contribution in [0.4, 0.5) is 0 Å². The van der Waals surface area contributed by atoms with Crippen molar-refractivity contribution in [1.82, 2.24) is 0 Å². The minimum Gasteiger partial charge on any atom is -0.212 e. The zero-order valence-corrected chi connectivity index (χ0v) is 6.89. The lowest BCUT2D eigenvalue weighted by molar-refractivity contribution is 0.700. The van der Waals surface area contributed by atoms with Crippen LogP contribution in [0.15, 0.2) is 23.8 Å². The maximum absolute atomic E-state index is 10.4. The van der Waals surface area contributed by atoms with E-state index in [1.807, 2.05) is 6.92 Å². The Balaban J connectivity index is 3.06. The van der Waals surface area contributed by atoms with Crippen LogP contribution in [0.25, 0.3) is 0 Å². The van der Waals surface area contributed by atoms with Gasteiger partial charge in [-0.2, -0.15) is 5.26 Å². The number of rotatable bonds is 0. The molecule has 1 atom stereocenters. The molecule has 3 heteroatoms. The van der Waals surface area contributed by atoms with Crippen molar-refractivity contribution in [2.24, 2.45) is 5.92 Å². The van der Waals surface area contributed by atoms with Gasteiger partial charge < -0.3 is 0 Å². The van der Waals surface area contributed by atoms with Crippen LogP contribution >= 0.6 is 0 Å². The first-order chi connectivity index (χ1) is 5.29. The van der Waals surface area contributed by atoms with E-state index in [1.165, 1.54) is 0 Å². The van der Waals surface area contributed by atoms with Gasteiger partial charge in [-0.25, -0.2) is 4.21 Å². The van der Waals surface area contributed by atoms with Gasteiger partial charge in [-0.05, 0) is 12.2 Å². The van der Waals surface area contributed by atoms with Gasteiger partial charge in [-0.15, -0.1) is 0 Å². The third-order valence-corrected chi connectivity index (χ3v) is 2.34. The SMILES string of the molecule is CC1C(C#N)=CC=CC1=S=O. The molecular formula is C8H7NOS. The Morgan fingerprint density at radius 2 is 2.45 bits per heavy atom. The van der Waals surface area contributed by atoms with Gasteiger partial charge in [0.2, 0.25) is 0 Å². The van der Waals surface area contributed by atoms with Gasteiger partial charge in [-0.3, -0.25) is 0 Å². The van der Waals surface area contributed by atoms with Crippen LogP contribution in [0, 0.1) is 17.2 Å². The van der Waals surface area contributed by atoms with Crippen molar-refractivity contribution in [2.45, 2.75) is 6.92 Å². The van der Waals surface area contributed by atoms with Crippen molar-refractivity contribution in [1.29, 1.82) is 5.26 Å². The zero-order valence-electron chi connectivity index (χ0n) is 6.07. The van der Waals surface area contributed by atoms with Crippen LogP contribution in [0.5, 0.6) is 0 Å². The van der Waals surface area contributed by atoms with Gasteiger partial charge in [0.05, 0.1) is 22.2 Å². The third kappa shape index (κ3) is 1.47. The first kappa shape index (κ1) is 7.96. The van der Waals surface area contributed by atoms with Crippen molar-refractivity contribution in [3.63, 3.8) is 0 Å². The van der Waals surface area contributed by atoms with Crippen molar-refractivity contribution >= 4 is 16.1 Å². The van der Waals surface area contributed by atoms with Crippen LogP contribution in [0.3, 0.4) is 0 Å². The summed E-state index contributed by atoms with van der Waals surface area (Å²) in [6.45, 7) is 1.86. The molecule has 0 bridgehead atoms. The summed E-state index contributed by atoms with van der Waals surface area (Å²) in [5, 5.41) is 8.60. The molecule has 0 aromatic rings. The molecule has 0 fully saturated rings. The number of allylic oxidation sites excluding steroid dienone is 4. The Bertz CT molecular complexity index is 315. The molecule has 1 unspecified atom stereocenters. The van der Waals surface area contributed by atoms with E-state index < -0.39 is 0 Å². The van der Waals surface area contributed by atoms with Gasteiger partial charge in [0.15, 0.2) is 0 Å². The summed E-state index contributed by atoms with van der Waals surface area (Å²) in [5.41, 5.74) is 0.658. The molecule has 0 heterocycles. The van der Waals surface area contributed by atoms with E-state index in [1.54, 1.807) is 18.2 Å². The van der Waals surface area contributed by atoms with Gasteiger partial charge in [0.25, 0.3) is 0 Å².